The van der Waals surface area contributed by atoms with Crippen LogP contribution in [0.2, 0.25) is 0 Å². The highest BCUT2D eigenvalue weighted by atomic mass is 79.9. The van der Waals surface area contributed by atoms with Crippen molar-refractivity contribution in [1.29, 1.82) is 0 Å². The van der Waals surface area contributed by atoms with Crippen molar-refractivity contribution in [2.75, 3.05) is 6.54 Å². The zero-order valence-corrected chi connectivity index (χ0v) is 11.9. The van der Waals surface area contributed by atoms with Gasteiger partial charge in [0.15, 0.2) is 0 Å². The predicted octanol–water partition coefficient (Wildman–Crippen LogP) is 3.96. The SMILES string of the molecule is CC1CC1CNCc1ccc(Br)c(Br)c1. The lowest BCUT2D eigenvalue weighted by molar-refractivity contribution is 0.612. The molecular formula is C12H15Br2N. The highest BCUT2D eigenvalue weighted by Gasteiger charge is 2.31. The monoisotopic (exact) mass is 331 g/mol. The molecule has 1 saturated carbocycles. The fourth-order valence-electron chi connectivity index (χ4n) is 1.73. The fourth-order valence-corrected chi connectivity index (χ4v) is 2.41. The van der Waals surface area contributed by atoms with Crippen molar-refractivity contribution in [2.45, 2.75) is 19.9 Å². The number of halogens is 2. The van der Waals surface area contributed by atoms with Gasteiger partial charge in [0, 0.05) is 15.5 Å². The van der Waals surface area contributed by atoms with Gasteiger partial charge in [-0.1, -0.05) is 13.0 Å². The molecule has 2 rings (SSSR count). The van der Waals surface area contributed by atoms with E-state index in [4.69, 9.17) is 0 Å². The molecule has 1 aromatic carbocycles. The Labute approximate surface area is 108 Å². The van der Waals surface area contributed by atoms with Crippen molar-refractivity contribution < 1.29 is 0 Å². The van der Waals surface area contributed by atoms with E-state index in [-0.39, 0.29) is 0 Å². The van der Waals surface area contributed by atoms with Gasteiger partial charge < -0.3 is 5.32 Å². The summed E-state index contributed by atoms with van der Waals surface area (Å²) in [6, 6.07) is 6.40. The molecule has 0 saturated heterocycles. The van der Waals surface area contributed by atoms with E-state index in [1.165, 1.54) is 12.0 Å². The first-order valence-electron chi connectivity index (χ1n) is 5.31. The Kier molecular flexibility index (Phi) is 3.86. The minimum atomic E-state index is 0.920. The van der Waals surface area contributed by atoms with Crippen molar-refractivity contribution in [3.8, 4) is 0 Å². The van der Waals surface area contributed by atoms with Crippen LogP contribution in [-0.2, 0) is 6.54 Å². The van der Waals surface area contributed by atoms with Crippen LogP contribution in [0.3, 0.4) is 0 Å². The Morgan fingerprint density at radius 3 is 2.67 bits per heavy atom. The largest absolute Gasteiger partial charge is 0.312 e. The second-order valence-electron chi connectivity index (χ2n) is 4.35. The molecule has 0 aromatic heterocycles. The van der Waals surface area contributed by atoms with Crippen LogP contribution in [-0.4, -0.2) is 6.54 Å². The van der Waals surface area contributed by atoms with Gasteiger partial charge in [-0.15, -0.1) is 0 Å². The molecule has 3 heteroatoms. The first-order valence-corrected chi connectivity index (χ1v) is 6.90. The first-order chi connectivity index (χ1) is 7.16. The molecule has 2 atom stereocenters. The summed E-state index contributed by atoms with van der Waals surface area (Å²) < 4.78 is 2.24. The van der Waals surface area contributed by atoms with Gasteiger partial charge in [-0.2, -0.15) is 0 Å². The van der Waals surface area contributed by atoms with Crippen molar-refractivity contribution in [3.05, 3.63) is 32.7 Å². The smallest absolute Gasteiger partial charge is 0.0320 e. The molecule has 15 heavy (non-hydrogen) atoms. The molecule has 1 aromatic rings. The Balaban J connectivity index is 1.80. The zero-order valence-electron chi connectivity index (χ0n) is 8.76. The van der Waals surface area contributed by atoms with Gasteiger partial charge >= 0.3 is 0 Å². The van der Waals surface area contributed by atoms with Gasteiger partial charge in [-0.05, 0) is 74.4 Å². The maximum Gasteiger partial charge on any atom is 0.0320 e. The Morgan fingerprint density at radius 1 is 1.33 bits per heavy atom. The summed E-state index contributed by atoms with van der Waals surface area (Å²) in [6.07, 6.45) is 1.40. The van der Waals surface area contributed by atoms with E-state index in [0.29, 0.717) is 0 Å². The molecule has 1 aliphatic carbocycles. The van der Waals surface area contributed by atoms with Crippen molar-refractivity contribution in [3.63, 3.8) is 0 Å². The Morgan fingerprint density at radius 2 is 2.07 bits per heavy atom. The van der Waals surface area contributed by atoms with Gasteiger partial charge in [0.2, 0.25) is 0 Å². The van der Waals surface area contributed by atoms with Crippen molar-refractivity contribution in [1.82, 2.24) is 5.32 Å². The number of rotatable bonds is 4. The van der Waals surface area contributed by atoms with E-state index < -0.39 is 0 Å². The molecule has 0 heterocycles. The first kappa shape index (κ1) is 11.6. The molecule has 82 valence electrons. The standard InChI is InChI=1S/C12H15Br2N/c1-8-4-10(8)7-15-6-9-2-3-11(13)12(14)5-9/h2-3,5,8,10,15H,4,6-7H2,1H3. The molecule has 1 N–H and O–H groups in total. The van der Waals surface area contributed by atoms with Crippen LogP contribution in [0.4, 0.5) is 0 Å². The van der Waals surface area contributed by atoms with Crippen LogP contribution < -0.4 is 5.32 Å². The van der Waals surface area contributed by atoms with Gasteiger partial charge in [0.25, 0.3) is 0 Å². The summed E-state index contributed by atoms with van der Waals surface area (Å²) in [5, 5.41) is 3.50. The summed E-state index contributed by atoms with van der Waals surface area (Å²) in [7, 11) is 0. The topological polar surface area (TPSA) is 12.0 Å². The summed E-state index contributed by atoms with van der Waals surface area (Å²) in [6.45, 7) is 4.45. The molecule has 1 fully saturated rings. The normalized spacial score (nSPS) is 24.2. The summed E-state index contributed by atoms with van der Waals surface area (Å²) in [4.78, 5) is 0. The van der Waals surface area contributed by atoms with Crippen LogP contribution in [0.1, 0.15) is 18.9 Å². The number of hydrogen-bond donors (Lipinski definition) is 1. The third-order valence-corrected chi connectivity index (χ3v) is 4.88. The van der Waals surface area contributed by atoms with E-state index in [0.717, 1.165) is 33.9 Å². The lowest BCUT2D eigenvalue weighted by atomic mass is 10.2. The molecule has 0 bridgehead atoms. The molecule has 0 spiro atoms. The fraction of sp³-hybridized carbons (Fsp3) is 0.500. The molecule has 1 nitrogen and oxygen atoms in total. The lowest BCUT2D eigenvalue weighted by Crippen LogP contribution is -2.16. The average molecular weight is 333 g/mol. The highest BCUT2D eigenvalue weighted by Crippen LogP contribution is 2.36. The Bertz CT molecular complexity index is 351. The average Bonchev–Trinajstić information content (AvgIpc) is 2.88. The van der Waals surface area contributed by atoms with Gasteiger partial charge in [-0.3, -0.25) is 0 Å². The van der Waals surface area contributed by atoms with Crippen LogP contribution in [0.5, 0.6) is 0 Å². The second kappa shape index (κ2) is 4.98. The third kappa shape index (κ3) is 3.30. The quantitative estimate of drug-likeness (QED) is 0.880. The van der Waals surface area contributed by atoms with Crippen molar-refractivity contribution >= 4 is 31.9 Å². The third-order valence-electron chi connectivity index (χ3n) is 3.00. The molecular weight excluding hydrogens is 318 g/mol. The summed E-state index contributed by atoms with van der Waals surface area (Å²) >= 11 is 6.99. The maximum absolute atomic E-state index is 3.51. The van der Waals surface area contributed by atoms with E-state index in [1.54, 1.807) is 0 Å². The Hall–Kier alpha value is 0.140. The van der Waals surface area contributed by atoms with Gasteiger partial charge in [0.05, 0.1) is 0 Å². The summed E-state index contributed by atoms with van der Waals surface area (Å²) in [5.74, 6) is 1.86. The number of hydrogen-bond acceptors (Lipinski definition) is 1. The summed E-state index contributed by atoms with van der Waals surface area (Å²) in [5.41, 5.74) is 1.33. The minimum Gasteiger partial charge on any atom is -0.312 e. The predicted molar refractivity (Wildman–Crippen MR) is 70.8 cm³/mol. The van der Waals surface area contributed by atoms with Gasteiger partial charge in [0.1, 0.15) is 0 Å². The van der Waals surface area contributed by atoms with Crippen molar-refractivity contribution in [2.24, 2.45) is 11.8 Å². The molecule has 0 amide bonds. The van der Waals surface area contributed by atoms with Crippen LogP contribution in [0.15, 0.2) is 27.1 Å². The maximum atomic E-state index is 3.51. The van der Waals surface area contributed by atoms with E-state index in [2.05, 4.69) is 62.3 Å². The molecule has 0 radical (unpaired) electrons. The van der Waals surface area contributed by atoms with E-state index in [9.17, 15) is 0 Å². The van der Waals surface area contributed by atoms with E-state index >= 15 is 0 Å². The zero-order chi connectivity index (χ0) is 10.8. The highest BCUT2D eigenvalue weighted by molar-refractivity contribution is 9.13. The van der Waals surface area contributed by atoms with Crippen LogP contribution >= 0.6 is 31.9 Å². The van der Waals surface area contributed by atoms with Crippen LogP contribution in [0, 0.1) is 11.8 Å². The molecule has 1 aliphatic rings. The molecule has 0 aliphatic heterocycles. The number of nitrogens with one attached hydrogen (secondary N) is 1. The minimum absolute atomic E-state index is 0.920. The lowest BCUT2D eigenvalue weighted by Gasteiger charge is -2.05. The second-order valence-corrected chi connectivity index (χ2v) is 6.06. The van der Waals surface area contributed by atoms with Crippen LogP contribution in [0.25, 0.3) is 0 Å². The number of benzene rings is 1. The van der Waals surface area contributed by atoms with Gasteiger partial charge in [-0.25, -0.2) is 0 Å². The molecule has 2 unspecified atom stereocenters. The van der Waals surface area contributed by atoms with E-state index in [1.807, 2.05) is 0 Å².